The molecule has 0 atom stereocenters. The van der Waals surface area contributed by atoms with Crippen LogP contribution in [0, 0.1) is 0 Å². The standard InChI is InChI=1S/C12H22/c1-5-7-8-12(4)10-9-11(3)6-2/h9-10H,5-8H2,1-4H3/b11-9-,12-10+. The Kier molecular flexibility index (Phi) is 6.84. The van der Waals surface area contributed by atoms with Gasteiger partial charge in [0.05, 0.1) is 0 Å². The van der Waals surface area contributed by atoms with Crippen molar-refractivity contribution in [1.29, 1.82) is 0 Å². The Hall–Kier alpha value is -0.520. The molecule has 0 heteroatoms. The lowest BCUT2D eigenvalue weighted by atomic mass is 10.1. The Bertz CT molecular complexity index is 161. The first kappa shape index (κ1) is 11.5. The molecule has 0 heterocycles. The minimum atomic E-state index is 1.16. The summed E-state index contributed by atoms with van der Waals surface area (Å²) in [5.74, 6) is 0. The number of allylic oxidation sites excluding steroid dienone is 4. The quantitative estimate of drug-likeness (QED) is 0.528. The van der Waals surface area contributed by atoms with E-state index >= 15 is 0 Å². The predicted molar refractivity (Wildman–Crippen MR) is 57.3 cm³/mol. The fourth-order valence-corrected chi connectivity index (χ4v) is 0.941. The molecule has 0 spiro atoms. The first-order chi connectivity index (χ1) is 5.70. The molecule has 0 fully saturated rings. The molecular formula is C12H22. The number of unbranched alkanes of at least 4 members (excludes halogenated alkanes) is 1. The minimum Gasteiger partial charge on any atom is -0.0736 e. The van der Waals surface area contributed by atoms with E-state index in [1.807, 2.05) is 0 Å². The predicted octanol–water partition coefficient (Wildman–Crippen LogP) is 4.48. The number of hydrogen-bond donors (Lipinski definition) is 0. The van der Waals surface area contributed by atoms with E-state index in [0.717, 1.165) is 6.42 Å². The number of rotatable bonds is 5. The summed E-state index contributed by atoms with van der Waals surface area (Å²) in [6.07, 6.45) is 9.53. The fourth-order valence-electron chi connectivity index (χ4n) is 0.941. The Morgan fingerprint density at radius 3 is 2.08 bits per heavy atom. The highest BCUT2D eigenvalue weighted by atomic mass is 13.9. The summed E-state index contributed by atoms with van der Waals surface area (Å²) in [4.78, 5) is 0. The highest BCUT2D eigenvalue weighted by Gasteiger charge is 1.87. The third-order valence-corrected chi connectivity index (χ3v) is 2.13. The lowest BCUT2D eigenvalue weighted by Gasteiger charge is -1.97. The van der Waals surface area contributed by atoms with Gasteiger partial charge in [-0.05, 0) is 33.1 Å². The molecule has 0 saturated carbocycles. The second-order valence-electron chi connectivity index (χ2n) is 3.48. The van der Waals surface area contributed by atoms with Crippen LogP contribution >= 0.6 is 0 Å². The topological polar surface area (TPSA) is 0 Å². The Morgan fingerprint density at radius 2 is 1.58 bits per heavy atom. The zero-order valence-corrected chi connectivity index (χ0v) is 8.98. The molecule has 0 amide bonds. The lowest BCUT2D eigenvalue weighted by Crippen LogP contribution is -1.77. The molecule has 0 saturated heterocycles. The smallest absolute Gasteiger partial charge is 0.0320 e. The molecule has 0 aliphatic rings. The van der Waals surface area contributed by atoms with Crippen molar-refractivity contribution in [2.45, 2.75) is 53.4 Å². The van der Waals surface area contributed by atoms with E-state index in [4.69, 9.17) is 0 Å². The molecule has 0 nitrogen and oxygen atoms in total. The maximum atomic E-state index is 2.26. The molecule has 70 valence electrons. The summed E-state index contributed by atoms with van der Waals surface area (Å²) < 4.78 is 0. The molecule has 0 unspecified atom stereocenters. The van der Waals surface area contributed by atoms with Gasteiger partial charge in [-0.3, -0.25) is 0 Å². The first-order valence-electron chi connectivity index (χ1n) is 5.03. The van der Waals surface area contributed by atoms with Gasteiger partial charge in [-0.25, -0.2) is 0 Å². The average molecular weight is 166 g/mol. The summed E-state index contributed by atoms with van der Waals surface area (Å²) in [5.41, 5.74) is 2.97. The summed E-state index contributed by atoms with van der Waals surface area (Å²) in [5, 5.41) is 0. The second kappa shape index (κ2) is 7.15. The van der Waals surface area contributed by atoms with Crippen molar-refractivity contribution in [2.75, 3.05) is 0 Å². The van der Waals surface area contributed by atoms with Crippen LogP contribution in [0.1, 0.15) is 53.4 Å². The van der Waals surface area contributed by atoms with Crippen molar-refractivity contribution >= 4 is 0 Å². The van der Waals surface area contributed by atoms with Crippen molar-refractivity contribution in [3.8, 4) is 0 Å². The summed E-state index contributed by atoms with van der Waals surface area (Å²) in [7, 11) is 0. The summed E-state index contributed by atoms with van der Waals surface area (Å²) >= 11 is 0. The molecule has 0 aliphatic heterocycles. The van der Waals surface area contributed by atoms with Crippen LogP contribution in [0.15, 0.2) is 23.3 Å². The third-order valence-electron chi connectivity index (χ3n) is 2.13. The van der Waals surface area contributed by atoms with Crippen LogP contribution in [0.4, 0.5) is 0 Å². The van der Waals surface area contributed by atoms with Gasteiger partial charge in [0.1, 0.15) is 0 Å². The molecular weight excluding hydrogens is 144 g/mol. The van der Waals surface area contributed by atoms with Crippen LogP contribution in [0.25, 0.3) is 0 Å². The lowest BCUT2D eigenvalue weighted by molar-refractivity contribution is 0.787. The highest BCUT2D eigenvalue weighted by Crippen LogP contribution is 2.07. The highest BCUT2D eigenvalue weighted by molar-refractivity contribution is 5.14. The van der Waals surface area contributed by atoms with E-state index in [1.54, 1.807) is 0 Å². The normalized spacial score (nSPS) is 13.7. The Balaban J connectivity index is 3.82. The maximum absolute atomic E-state index is 2.26. The molecule has 12 heavy (non-hydrogen) atoms. The van der Waals surface area contributed by atoms with Crippen LogP contribution in [0.2, 0.25) is 0 Å². The number of hydrogen-bond acceptors (Lipinski definition) is 0. The van der Waals surface area contributed by atoms with Crippen LogP contribution in [-0.2, 0) is 0 Å². The van der Waals surface area contributed by atoms with Gasteiger partial charge in [0.25, 0.3) is 0 Å². The van der Waals surface area contributed by atoms with E-state index < -0.39 is 0 Å². The molecule has 0 aromatic heterocycles. The van der Waals surface area contributed by atoms with Crippen LogP contribution in [0.3, 0.4) is 0 Å². The summed E-state index contributed by atoms with van der Waals surface area (Å²) in [6.45, 7) is 8.83. The second-order valence-corrected chi connectivity index (χ2v) is 3.48. The first-order valence-corrected chi connectivity index (χ1v) is 5.03. The van der Waals surface area contributed by atoms with Gasteiger partial charge in [0.2, 0.25) is 0 Å². The van der Waals surface area contributed by atoms with E-state index in [1.165, 1.54) is 30.4 Å². The Morgan fingerprint density at radius 1 is 1.00 bits per heavy atom. The molecule has 0 rings (SSSR count). The van der Waals surface area contributed by atoms with E-state index in [0.29, 0.717) is 0 Å². The van der Waals surface area contributed by atoms with Crippen LogP contribution in [0.5, 0.6) is 0 Å². The van der Waals surface area contributed by atoms with Crippen molar-refractivity contribution in [2.24, 2.45) is 0 Å². The van der Waals surface area contributed by atoms with Gasteiger partial charge in [0.15, 0.2) is 0 Å². The largest absolute Gasteiger partial charge is 0.0736 e. The van der Waals surface area contributed by atoms with Crippen molar-refractivity contribution in [1.82, 2.24) is 0 Å². The van der Waals surface area contributed by atoms with Crippen LogP contribution < -0.4 is 0 Å². The van der Waals surface area contributed by atoms with Crippen LogP contribution in [-0.4, -0.2) is 0 Å². The zero-order chi connectivity index (χ0) is 9.40. The third kappa shape index (κ3) is 6.21. The molecule has 0 bridgehead atoms. The molecule has 0 radical (unpaired) electrons. The monoisotopic (exact) mass is 166 g/mol. The van der Waals surface area contributed by atoms with E-state index in [9.17, 15) is 0 Å². The van der Waals surface area contributed by atoms with Crippen molar-refractivity contribution in [3.05, 3.63) is 23.3 Å². The van der Waals surface area contributed by atoms with Gasteiger partial charge >= 0.3 is 0 Å². The van der Waals surface area contributed by atoms with Crippen molar-refractivity contribution in [3.63, 3.8) is 0 Å². The molecule has 0 aliphatic carbocycles. The zero-order valence-electron chi connectivity index (χ0n) is 8.98. The van der Waals surface area contributed by atoms with Gasteiger partial charge in [0, 0.05) is 0 Å². The molecule has 0 aromatic carbocycles. The van der Waals surface area contributed by atoms with Gasteiger partial charge < -0.3 is 0 Å². The fraction of sp³-hybridized carbons (Fsp3) is 0.667. The molecule has 0 N–H and O–H groups in total. The Labute approximate surface area is 77.4 Å². The maximum Gasteiger partial charge on any atom is -0.0320 e. The summed E-state index contributed by atoms with van der Waals surface area (Å²) in [6, 6.07) is 0. The average Bonchev–Trinajstić information content (AvgIpc) is 2.10. The molecule has 0 aromatic rings. The van der Waals surface area contributed by atoms with Gasteiger partial charge in [-0.1, -0.05) is 43.6 Å². The van der Waals surface area contributed by atoms with Gasteiger partial charge in [-0.15, -0.1) is 0 Å². The van der Waals surface area contributed by atoms with E-state index in [2.05, 4.69) is 39.8 Å². The minimum absolute atomic E-state index is 1.16. The van der Waals surface area contributed by atoms with Gasteiger partial charge in [-0.2, -0.15) is 0 Å². The van der Waals surface area contributed by atoms with Crippen molar-refractivity contribution < 1.29 is 0 Å². The SMILES string of the molecule is CCCC/C(C)=C/C=C(/C)CC. The van der Waals surface area contributed by atoms with E-state index in [-0.39, 0.29) is 0 Å².